The van der Waals surface area contributed by atoms with Crippen LogP contribution >= 0.6 is 0 Å². The van der Waals surface area contributed by atoms with Crippen molar-refractivity contribution in [3.63, 3.8) is 0 Å². The van der Waals surface area contributed by atoms with Gasteiger partial charge in [-0.05, 0) is 92.3 Å². The van der Waals surface area contributed by atoms with Crippen LogP contribution in [0.25, 0.3) is 0 Å². The quantitative estimate of drug-likeness (QED) is 0.675. The average Bonchev–Trinajstić information content (AvgIpc) is 2.81. The Kier molecular flexibility index (Phi) is 3.05. The summed E-state index contributed by atoms with van der Waals surface area (Å²) < 4.78 is 0. The van der Waals surface area contributed by atoms with Crippen LogP contribution in [0.2, 0.25) is 0 Å². The van der Waals surface area contributed by atoms with Crippen molar-refractivity contribution in [2.45, 2.75) is 84.2 Å². The third-order valence-electron chi connectivity index (χ3n) is 8.42. The van der Waals surface area contributed by atoms with E-state index in [-0.39, 0.29) is 6.10 Å². The molecule has 0 radical (unpaired) electrons. The van der Waals surface area contributed by atoms with Crippen molar-refractivity contribution in [3.05, 3.63) is 0 Å². The standard InChI is InChI=1S/C19H32O/c1-18-9-3-4-16(18)15-6-5-13-12-14(20)7-11-19(13,2)17(15)8-10-18/h13-17,20H,3-12H2,1-2H3/t13-,14+,15-,16-,17-,18?,19-/m0/s1. The predicted molar refractivity (Wildman–Crippen MR) is 82.4 cm³/mol. The minimum Gasteiger partial charge on any atom is -0.393 e. The monoisotopic (exact) mass is 276 g/mol. The van der Waals surface area contributed by atoms with E-state index in [0.717, 1.165) is 36.5 Å². The van der Waals surface area contributed by atoms with Gasteiger partial charge in [-0.25, -0.2) is 0 Å². The van der Waals surface area contributed by atoms with Gasteiger partial charge >= 0.3 is 0 Å². The van der Waals surface area contributed by atoms with E-state index >= 15 is 0 Å². The Morgan fingerprint density at radius 2 is 1.70 bits per heavy atom. The molecule has 0 spiro atoms. The second kappa shape index (κ2) is 4.48. The summed E-state index contributed by atoms with van der Waals surface area (Å²) in [5, 5.41) is 10.0. The van der Waals surface area contributed by atoms with E-state index in [1.807, 2.05) is 0 Å². The van der Waals surface area contributed by atoms with E-state index in [9.17, 15) is 5.11 Å². The van der Waals surface area contributed by atoms with E-state index in [0.29, 0.717) is 10.8 Å². The molecule has 1 N–H and O–H groups in total. The first-order valence-electron chi connectivity index (χ1n) is 9.21. The third kappa shape index (κ3) is 1.77. The number of hydrogen-bond acceptors (Lipinski definition) is 1. The van der Waals surface area contributed by atoms with E-state index in [2.05, 4.69) is 13.8 Å². The molecule has 0 aromatic heterocycles. The highest BCUT2D eigenvalue weighted by atomic mass is 16.3. The Bertz CT molecular complexity index is 391. The van der Waals surface area contributed by atoms with Crippen molar-refractivity contribution < 1.29 is 5.11 Å². The van der Waals surface area contributed by atoms with Crippen molar-refractivity contribution in [2.75, 3.05) is 0 Å². The Morgan fingerprint density at radius 3 is 2.55 bits per heavy atom. The molecular formula is C19H32O. The van der Waals surface area contributed by atoms with Gasteiger partial charge in [0.1, 0.15) is 0 Å². The Morgan fingerprint density at radius 1 is 0.850 bits per heavy atom. The molecule has 0 aromatic rings. The van der Waals surface area contributed by atoms with Gasteiger partial charge in [0, 0.05) is 0 Å². The molecule has 0 heterocycles. The molecule has 7 atom stereocenters. The maximum atomic E-state index is 10.0. The molecule has 0 aromatic carbocycles. The molecule has 4 aliphatic rings. The van der Waals surface area contributed by atoms with Crippen LogP contribution in [0, 0.1) is 34.5 Å². The summed E-state index contributed by atoms with van der Waals surface area (Å²) in [5.41, 5.74) is 1.25. The molecule has 1 nitrogen and oxygen atoms in total. The molecule has 0 bridgehead atoms. The van der Waals surface area contributed by atoms with E-state index in [1.54, 1.807) is 0 Å². The summed E-state index contributed by atoms with van der Waals surface area (Å²) >= 11 is 0. The van der Waals surface area contributed by atoms with Crippen LogP contribution in [0.5, 0.6) is 0 Å². The number of fused-ring (bicyclic) bond motifs is 5. The molecule has 20 heavy (non-hydrogen) atoms. The molecule has 114 valence electrons. The largest absolute Gasteiger partial charge is 0.393 e. The molecule has 4 rings (SSSR count). The lowest BCUT2D eigenvalue weighted by Crippen LogP contribution is -2.53. The highest BCUT2D eigenvalue weighted by molar-refractivity contribution is 5.07. The van der Waals surface area contributed by atoms with Gasteiger partial charge < -0.3 is 5.11 Å². The molecule has 1 heteroatoms. The fourth-order valence-electron chi connectivity index (χ4n) is 7.23. The Balaban J connectivity index is 1.62. The predicted octanol–water partition coefficient (Wildman–Crippen LogP) is 4.78. The first kappa shape index (κ1) is 13.6. The summed E-state index contributed by atoms with van der Waals surface area (Å²) in [4.78, 5) is 0. The minimum atomic E-state index is 0.00459. The zero-order valence-corrected chi connectivity index (χ0v) is 13.4. The van der Waals surface area contributed by atoms with Gasteiger partial charge in [-0.2, -0.15) is 0 Å². The second-order valence-corrected chi connectivity index (χ2v) is 9.17. The molecule has 0 aliphatic heterocycles. The molecule has 0 saturated heterocycles. The maximum absolute atomic E-state index is 10.0. The highest BCUT2D eigenvalue weighted by Crippen LogP contribution is 2.66. The minimum absolute atomic E-state index is 0.00459. The number of hydrogen-bond donors (Lipinski definition) is 1. The SMILES string of the molecule is CC12CCC[C@H]1[C@@H]1CC[C@H]3C[C@H](O)CC[C@]3(C)[C@H]1CC2. The molecule has 4 saturated carbocycles. The zero-order valence-electron chi connectivity index (χ0n) is 13.4. The fourth-order valence-corrected chi connectivity index (χ4v) is 7.23. The summed E-state index contributed by atoms with van der Waals surface area (Å²) in [6.07, 6.45) is 13.8. The molecular weight excluding hydrogens is 244 g/mol. The fraction of sp³-hybridized carbons (Fsp3) is 1.00. The van der Waals surface area contributed by atoms with Crippen molar-refractivity contribution >= 4 is 0 Å². The van der Waals surface area contributed by atoms with Gasteiger partial charge in [0.05, 0.1) is 6.10 Å². The van der Waals surface area contributed by atoms with Gasteiger partial charge in [0.15, 0.2) is 0 Å². The first-order valence-corrected chi connectivity index (χ1v) is 9.21. The van der Waals surface area contributed by atoms with Gasteiger partial charge in [0.2, 0.25) is 0 Å². The lowest BCUT2D eigenvalue weighted by Gasteiger charge is -2.60. The van der Waals surface area contributed by atoms with Crippen molar-refractivity contribution in [1.82, 2.24) is 0 Å². The Labute approximate surface area is 124 Å². The van der Waals surface area contributed by atoms with Crippen LogP contribution in [0.3, 0.4) is 0 Å². The lowest BCUT2D eigenvalue weighted by molar-refractivity contribution is -0.120. The van der Waals surface area contributed by atoms with E-state index < -0.39 is 0 Å². The van der Waals surface area contributed by atoms with E-state index in [1.165, 1.54) is 51.4 Å². The molecule has 0 amide bonds. The van der Waals surface area contributed by atoms with Crippen LogP contribution in [-0.2, 0) is 0 Å². The van der Waals surface area contributed by atoms with Crippen LogP contribution in [0.4, 0.5) is 0 Å². The third-order valence-corrected chi connectivity index (χ3v) is 8.42. The average molecular weight is 276 g/mol. The van der Waals surface area contributed by atoms with Gasteiger partial charge in [0.25, 0.3) is 0 Å². The number of rotatable bonds is 0. The van der Waals surface area contributed by atoms with Crippen LogP contribution < -0.4 is 0 Å². The normalized spacial score (nSPS) is 58.6. The number of aliphatic hydroxyl groups excluding tert-OH is 1. The van der Waals surface area contributed by atoms with Crippen molar-refractivity contribution in [3.8, 4) is 0 Å². The lowest BCUT2D eigenvalue weighted by atomic mass is 9.45. The van der Waals surface area contributed by atoms with Crippen molar-refractivity contribution in [2.24, 2.45) is 34.5 Å². The van der Waals surface area contributed by atoms with Gasteiger partial charge in [-0.15, -0.1) is 0 Å². The zero-order chi connectivity index (χ0) is 14.0. The van der Waals surface area contributed by atoms with E-state index in [4.69, 9.17) is 0 Å². The maximum Gasteiger partial charge on any atom is 0.0543 e. The van der Waals surface area contributed by atoms with Gasteiger partial charge in [-0.3, -0.25) is 0 Å². The first-order chi connectivity index (χ1) is 9.53. The van der Waals surface area contributed by atoms with Crippen LogP contribution in [-0.4, -0.2) is 11.2 Å². The number of aliphatic hydroxyl groups is 1. The molecule has 1 unspecified atom stereocenters. The van der Waals surface area contributed by atoms with Gasteiger partial charge in [-0.1, -0.05) is 20.3 Å². The summed E-state index contributed by atoms with van der Waals surface area (Å²) in [6, 6.07) is 0. The molecule has 4 fully saturated rings. The second-order valence-electron chi connectivity index (χ2n) is 9.17. The summed E-state index contributed by atoms with van der Waals surface area (Å²) in [5.74, 6) is 3.85. The highest BCUT2D eigenvalue weighted by Gasteiger charge is 2.57. The van der Waals surface area contributed by atoms with Crippen LogP contribution in [0.1, 0.15) is 78.1 Å². The topological polar surface area (TPSA) is 20.2 Å². The van der Waals surface area contributed by atoms with Crippen LogP contribution in [0.15, 0.2) is 0 Å². The molecule has 4 aliphatic carbocycles. The van der Waals surface area contributed by atoms with Crippen molar-refractivity contribution in [1.29, 1.82) is 0 Å². The Hall–Kier alpha value is -0.0400. The smallest absolute Gasteiger partial charge is 0.0543 e. The summed E-state index contributed by atoms with van der Waals surface area (Å²) in [6.45, 7) is 5.19. The summed E-state index contributed by atoms with van der Waals surface area (Å²) in [7, 11) is 0.